The molecule has 0 saturated carbocycles. The van der Waals surface area contributed by atoms with Crippen LogP contribution in [0, 0.1) is 0 Å². The van der Waals surface area contributed by atoms with E-state index in [1.54, 1.807) is 11.0 Å². The third-order valence-electron chi connectivity index (χ3n) is 4.36. The standard InChI is InChI=1S/C16H19Cl2N3O2/c17-11-6-10-4-5-21(9-13(10)14(18)7-11)16(23)19-8-12-2-1-3-15(22)20-12/h6-7,12H,1-5,8-9H2,(H,19,23)(H,20,22)/t12-/m1/s1. The van der Waals surface area contributed by atoms with Crippen LogP contribution in [-0.4, -0.2) is 36.0 Å². The number of carbonyl (C=O) groups is 2. The minimum Gasteiger partial charge on any atom is -0.352 e. The Morgan fingerprint density at radius 2 is 2.17 bits per heavy atom. The molecular weight excluding hydrogens is 337 g/mol. The summed E-state index contributed by atoms with van der Waals surface area (Å²) in [5, 5.41) is 7.03. The molecule has 0 aromatic heterocycles. The molecule has 1 atom stereocenters. The Labute approximate surface area is 145 Å². The van der Waals surface area contributed by atoms with Crippen molar-refractivity contribution in [1.29, 1.82) is 0 Å². The average Bonchev–Trinajstić information content (AvgIpc) is 2.52. The largest absolute Gasteiger partial charge is 0.352 e. The maximum absolute atomic E-state index is 12.3. The van der Waals surface area contributed by atoms with Crippen LogP contribution in [0.25, 0.3) is 0 Å². The highest BCUT2D eigenvalue weighted by Crippen LogP contribution is 2.29. The summed E-state index contributed by atoms with van der Waals surface area (Å²) in [6.07, 6.45) is 3.09. The first kappa shape index (κ1) is 16.4. The van der Waals surface area contributed by atoms with Crippen molar-refractivity contribution in [3.05, 3.63) is 33.3 Å². The van der Waals surface area contributed by atoms with Crippen molar-refractivity contribution in [2.45, 2.75) is 38.3 Å². The zero-order valence-corrected chi connectivity index (χ0v) is 14.2. The predicted molar refractivity (Wildman–Crippen MR) is 89.8 cm³/mol. The van der Waals surface area contributed by atoms with Gasteiger partial charge in [-0.05, 0) is 42.5 Å². The van der Waals surface area contributed by atoms with E-state index in [9.17, 15) is 9.59 Å². The molecule has 2 aliphatic rings. The van der Waals surface area contributed by atoms with Crippen molar-refractivity contribution in [2.24, 2.45) is 0 Å². The van der Waals surface area contributed by atoms with Gasteiger partial charge in [0, 0.05) is 42.1 Å². The Morgan fingerprint density at radius 3 is 2.96 bits per heavy atom. The van der Waals surface area contributed by atoms with Crippen molar-refractivity contribution in [1.82, 2.24) is 15.5 Å². The van der Waals surface area contributed by atoms with Crippen molar-refractivity contribution < 1.29 is 9.59 Å². The van der Waals surface area contributed by atoms with Crippen molar-refractivity contribution >= 4 is 35.1 Å². The third-order valence-corrected chi connectivity index (χ3v) is 4.92. The topological polar surface area (TPSA) is 61.4 Å². The number of rotatable bonds is 2. The number of nitrogens with one attached hydrogen (secondary N) is 2. The predicted octanol–water partition coefficient (Wildman–Crippen LogP) is 2.73. The monoisotopic (exact) mass is 355 g/mol. The zero-order chi connectivity index (χ0) is 16.4. The van der Waals surface area contributed by atoms with Gasteiger partial charge in [0.2, 0.25) is 5.91 Å². The second-order valence-corrected chi connectivity index (χ2v) is 6.88. The fourth-order valence-electron chi connectivity index (χ4n) is 3.11. The third kappa shape index (κ3) is 3.90. The van der Waals surface area contributed by atoms with Gasteiger partial charge in [0.1, 0.15) is 0 Å². The molecule has 1 aromatic rings. The molecule has 0 aliphatic carbocycles. The highest BCUT2D eigenvalue weighted by atomic mass is 35.5. The molecule has 23 heavy (non-hydrogen) atoms. The second-order valence-electron chi connectivity index (χ2n) is 6.04. The minimum atomic E-state index is -0.124. The lowest BCUT2D eigenvalue weighted by molar-refractivity contribution is -0.123. The number of carbonyl (C=O) groups excluding carboxylic acids is 2. The number of piperidine rings is 1. The molecule has 1 fully saturated rings. The maximum Gasteiger partial charge on any atom is 0.317 e. The number of nitrogens with zero attached hydrogens (tertiary/aromatic N) is 1. The number of hydrogen-bond donors (Lipinski definition) is 2. The van der Waals surface area contributed by atoms with Crippen molar-refractivity contribution in [2.75, 3.05) is 13.1 Å². The van der Waals surface area contributed by atoms with E-state index in [2.05, 4.69) is 10.6 Å². The van der Waals surface area contributed by atoms with E-state index in [1.165, 1.54) is 0 Å². The highest BCUT2D eigenvalue weighted by molar-refractivity contribution is 6.35. The lowest BCUT2D eigenvalue weighted by atomic mass is 10.00. The number of fused-ring (bicyclic) bond motifs is 1. The average molecular weight is 356 g/mol. The van der Waals surface area contributed by atoms with E-state index in [0.29, 0.717) is 36.1 Å². The number of amides is 3. The van der Waals surface area contributed by atoms with Gasteiger partial charge in [-0.15, -0.1) is 0 Å². The van der Waals surface area contributed by atoms with Crippen LogP contribution in [0.2, 0.25) is 10.0 Å². The van der Waals surface area contributed by atoms with Gasteiger partial charge >= 0.3 is 6.03 Å². The number of benzene rings is 1. The Morgan fingerprint density at radius 1 is 1.35 bits per heavy atom. The summed E-state index contributed by atoms with van der Waals surface area (Å²) in [5.74, 6) is 0.0612. The fourth-order valence-corrected chi connectivity index (χ4v) is 3.71. The van der Waals surface area contributed by atoms with E-state index in [-0.39, 0.29) is 18.0 Å². The molecule has 1 aromatic carbocycles. The Balaban J connectivity index is 1.57. The van der Waals surface area contributed by atoms with Crippen molar-refractivity contribution in [3.63, 3.8) is 0 Å². The van der Waals surface area contributed by atoms with Gasteiger partial charge in [-0.25, -0.2) is 4.79 Å². The smallest absolute Gasteiger partial charge is 0.317 e. The molecule has 124 valence electrons. The molecule has 1 saturated heterocycles. The van der Waals surface area contributed by atoms with Gasteiger partial charge in [-0.2, -0.15) is 0 Å². The minimum absolute atomic E-state index is 0.0275. The Bertz CT molecular complexity index is 636. The van der Waals surface area contributed by atoms with Gasteiger partial charge in [0.25, 0.3) is 0 Å². The van der Waals surface area contributed by atoms with E-state index < -0.39 is 0 Å². The van der Waals surface area contributed by atoms with Gasteiger partial charge in [-0.3, -0.25) is 4.79 Å². The molecular formula is C16H19Cl2N3O2. The quantitative estimate of drug-likeness (QED) is 0.856. The molecule has 0 radical (unpaired) electrons. The number of urea groups is 1. The van der Waals surface area contributed by atoms with Crippen LogP contribution in [-0.2, 0) is 17.8 Å². The van der Waals surface area contributed by atoms with Gasteiger partial charge < -0.3 is 15.5 Å². The van der Waals surface area contributed by atoms with E-state index in [4.69, 9.17) is 23.2 Å². The molecule has 0 bridgehead atoms. The van der Waals surface area contributed by atoms with Crippen LogP contribution in [0.1, 0.15) is 30.4 Å². The van der Waals surface area contributed by atoms with E-state index in [1.807, 2.05) is 6.07 Å². The zero-order valence-electron chi connectivity index (χ0n) is 12.7. The lowest BCUT2D eigenvalue weighted by Gasteiger charge is -2.31. The van der Waals surface area contributed by atoms with Gasteiger partial charge in [0.15, 0.2) is 0 Å². The molecule has 2 heterocycles. The number of hydrogen-bond acceptors (Lipinski definition) is 2. The molecule has 0 unspecified atom stereocenters. The van der Waals surface area contributed by atoms with Gasteiger partial charge in [0.05, 0.1) is 0 Å². The fraction of sp³-hybridized carbons (Fsp3) is 0.500. The van der Waals surface area contributed by atoms with Gasteiger partial charge in [-0.1, -0.05) is 23.2 Å². The van der Waals surface area contributed by atoms with Crippen LogP contribution in [0.4, 0.5) is 4.79 Å². The Hall–Kier alpha value is -1.46. The molecule has 3 rings (SSSR count). The Kier molecular flexibility index (Phi) is 4.97. The SMILES string of the molecule is O=C1CCC[C@H](CNC(=O)N2CCc3cc(Cl)cc(Cl)c3C2)N1. The summed E-state index contributed by atoms with van der Waals surface area (Å²) >= 11 is 12.3. The normalized spacial score (nSPS) is 20.7. The lowest BCUT2D eigenvalue weighted by Crippen LogP contribution is -2.50. The van der Waals surface area contributed by atoms with Crippen LogP contribution in [0.5, 0.6) is 0 Å². The molecule has 5 nitrogen and oxygen atoms in total. The first-order valence-electron chi connectivity index (χ1n) is 7.82. The summed E-state index contributed by atoms with van der Waals surface area (Å²) in [5.41, 5.74) is 2.06. The van der Waals surface area contributed by atoms with Crippen LogP contribution in [0.3, 0.4) is 0 Å². The van der Waals surface area contributed by atoms with Crippen molar-refractivity contribution in [3.8, 4) is 0 Å². The van der Waals surface area contributed by atoms with Crippen LogP contribution >= 0.6 is 23.2 Å². The molecule has 2 aliphatic heterocycles. The molecule has 0 spiro atoms. The second kappa shape index (κ2) is 6.97. The number of halogens is 2. The molecule has 2 N–H and O–H groups in total. The molecule has 3 amide bonds. The summed E-state index contributed by atoms with van der Waals surface area (Å²) in [4.78, 5) is 25.4. The first-order valence-corrected chi connectivity index (χ1v) is 8.57. The van der Waals surface area contributed by atoms with Crippen LogP contribution < -0.4 is 10.6 Å². The highest BCUT2D eigenvalue weighted by Gasteiger charge is 2.24. The first-order chi connectivity index (χ1) is 11.0. The summed E-state index contributed by atoms with van der Waals surface area (Å²) < 4.78 is 0. The summed E-state index contributed by atoms with van der Waals surface area (Å²) in [6, 6.07) is 3.53. The summed E-state index contributed by atoms with van der Waals surface area (Å²) in [7, 11) is 0. The maximum atomic E-state index is 12.3. The van der Waals surface area contributed by atoms with E-state index >= 15 is 0 Å². The van der Waals surface area contributed by atoms with E-state index in [0.717, 1.165) is 30.4 Å². The summed E-state index contributed by atoms with van der Waals surface area (Å²) in [6.45, 7) is 1.57. The molecule has 7 heteroatoms. The van der Waals surface area contributed by atoms with Crippen LogP contribution in [0.15, 0.2) is 12.1 Å².